The summed E-state index contributed by atoms with van der Waals surface area (Å²) in [5.41, 5.74) is -0.226. The molecular weight excluding hydrogens is 572 g/mol. The van der Waals surface area contributed by atoms with Crippen molar-refractivity contribution < 1.29 is 36.7 Å². The smallest absolute Gasteiger partial charge is 0.423 e. The van der Waals surface area contributed by atoms with Crippen molar-refractivity contribution >= 4 is 23.3 Å². The van der Waals surface area contributed by atoms with Crippen molar-refractivity contribution in [2.45, 2.75) is 37.6 Å². The van der Waals surface area contributed by atoms with Gasteiger partial charge in [-0.05, 0) is 24.7 Å². The number of halogens is 4. The van der Waals surface area contributed by atoms with Crippen molar-refractivity contribution in [3.05, 3.63) is 64.6 Å². The third-order valence-corrected chi connectivity index (χ3v) is 7.93. The predicted octanol–water partition coefficient (Wildman–Crippen LogP) is 5.35. The first-order chi connectivity index (χ1) is 20.5. The summed E-state index contributed by atoms with van der Waals surface area (Å²) < 4.78 is 68.2. The van der Waals surface area contributed by atoms with Crippen LogP contribution in [0.3, 0.4) is 0 Å². The highest BCUT2D eigenvalue weighted by atomic mass is 19.4. The zero-order valence-electron chi connectivity index (χ0n) is 23.6. The number of nitrogens with one attached hydrogen (secondary N) is 1. The summed E-state index contributed by atoms with van der Waals surface area (Å²) in [5.74, 6) is -2.04. The van der Waals surface area contributed by atoms with E-state index in [0.29, 0.717) is 30.4 Å². The number of anilines is 2. The van der Waals surface area contributed by atoms with Crippen molar-refractivity contribution in [1.29, 1.82) is 0 Å². The molecular formula is C29H28F4N6O4. The number of fused-ring (bicyclic) bond motifs is 1. The van der Waals surface area contributed by atoms with Gasteiger partial charge in [-0.1, -0.05) is 17.3 Å². The molecule has 3 aromatic rings. The van der Waals surface area contributed by atoms with Gasteiger partial charge in [0, 0.05) is 63.8 Å². The van der Waals surface area contributed by atoms with Crippen LogP contribution in [-0.2, 0) is 17.6 Å². The molecule has 226 valence electrons. The first kappa shape index (κ1) is 28.6. The van der Waals surface area contributed by atoms with Crippen LogP contribution in [0.1, 0.15) is 46.3 Å². The van der Waals surface area contributed by atoms with E-state index in [4.69, 9.17) is 14.3 Å². The van der Waals surface area contributed by atoms with Crippen molar-refractivity contribution in [3.8, 4) is 17.4 Å². The van der Waals surface area contributed by atoms with Crippen LogP contribution in [0.5, 0.6) is 17.4 Å². The van der Waals surface area contributed by atoms with Crippen molar-refractivity contribution in [1.82, 2.24) is 19.8 Å². The maximum Gasteiger partial charge on any atom is 0.423 e. The molecule has 1 aromatic heterocycles. The number of aromatic nitrogens is 2. The fourth-order valence-electron chi connectivity index (χ4n) is 5.48. The molecule has 1 amide bonds. The van der Waals surface area contributed by atoms with Crippen LogP contribution in [0.4, 0.5) is 29.2 Å². The van der Waals surface area contributed by atoms with Crippen LogP contribution < -0.4 is 14.8 Å². The molecule has 4 heterocycles. The van der Waals surface area contributed by atoms with Crippen molar-refractivity contribution in [2.24, 2.45) is 5.16 Å². The van der Waals surface area contributed by atoms with E-state index >= 15 is 4.39 Å². The molecule has 0 radical (unpaired) electrons. The third kappa shape index (κ3) is 5.42. The molecule has 2 aromatic carbocycles. The van der Waals surface area contributed by atoms with Gasteiger partial charge >= 0.3 is 6.18 Å². The molecule has 14 heteroatoms. The quantitative estimate of drug-likeness (QED) is 0.378. The minimum atomic E-state index is -4.85. The first-order valence-corrected chi connectivity index (χ1v) is 13.5. The number of alkyl halides is 3. The molecule has 0 unspecified atom stereocenters. The second-order valence-electron chi connectivity index (χ2n) is 10.9. The minimum Gasteiger partial charge on any atom is -0.495 e. The number of carbonyl (C=O) groups excluding carboxylic acids is 1. The van der Waals surface area contributed by atoms with Gasteiger partial charge in [0.25, 0.3) is 5.91 Å². The van der Waals surface area contributed by atoms with Gasteiger partial charge in [-0.25, -0.2) is 9.37 Å². The topological polar surface area (TPSA) is 101 Å². The Bertz CT molecular complexity index is 1620. The molecule has 3 aliphatic rings. The SMILES string of the molecule is COc1cc(C2=NOC3(CCN(C)CC3)C2)c(F)cc1Nc1ncc(C(F)(F)F)c(Oc2cccc3c2C(=O)N(C)C3)n1. The number of amides is 1. The van der Waals surface area contributed by atoms with E-state index in [-0.39, 0.29) is 40.2 Å². The lowest BCUT2D eigenvalue weighted by Crippen LogP contribution is -2.42. The fraction of sp³-hybridized carbons (Fsp3) is 0.379. The van der Waals surface area contributed by atoms with Gasteiger partial charge in [-0.3, -0.25) is 4.79 Å². The second-order valence-corrected chi connectivity index (χ2v) is 10.9. The van der Waals surface area contributed by atoms with Gasteiger partial charge in [0.15, 0.2) is 0 Å². The number of nitrogens with zero attached hydrogens (tertiary/aromatic N) is 5. The van der Waals surface area contributed by atoms with Crippen LogP contribution >= 0.6 is 0 Å². The molecule has 1 N–H and O–H groups in total. The number of hydrogen-bond donors (Lipinski definition) is 1. The van der Waals surface area contributed by atoms with Crippen LogP contribution in [0.2, 0.25) is 0 Å². The van der Waals surface area contributed by atoms with Crippen molar-refractivity contribution in [2.75, 3.05) is 39.6 Å². The Morgan fingerprint density at radius 1 is 1.12 bits per heavy atom. The number of hydrogen-bond acceptors (Lipinski definition) is 9. The molecule has 0 aliphatic carbocycles. The number of rotatable bonds is 6. The summed E-state index contributed by atoms with van der Waals surface area (Å²) in [7, 11) is 4.99. The van der Waals surface area contributed by atoms with E-state index in [9.17, 15) is 18.0 Å². The van der Waals surface area contributed by atoms with Gasteiger partial charge in [-0.15, -0.1) is 0 Å². The Balaban J connectivity index is 1.29. The zero-order chi connectivity index (χ0) is 30.5. The number of oxime groups is 1. The number of benzene rings is 2. The van der Waals surface area contributed by atoms with Gasteiger partial charge in [-0.2, -0.15) is 18.2 Å². The standard InChI is InChI=1S/C29H28F4N6O4/c1-38-9-7-28(8-10-38)13-21(37-43-28)17-11-23(41-3)20(12-19(17)30)35-27-34-14-18(29(31,32)33)25(36-27)42-22-6-4-5-16-15-39(2)26(40)24(16)22/h4-6,11-12,14H,7-10,13,15H2,1-3H3,(H,34,35,36). The Labute approximate surface area is 244 Å². The molecule has 1 saturated heterocycles. The zero-order valence-corrected chi connectivity index (χ0v) is 23.6. The first-order valence-electron chi connectivity index (χ1n) is 13.5. The summed E-state index contributed by atoms with van der Waals surface area (Å²) >= 11 is 0. The number of piperidine rings is 1. The average molecular weight is 601 g/mol. The Kier molecular flexibility index (Phi) is 7.11. The monoisotopic (exact) mass is 600 g/mol. The summed E-state index contributed by atoms with van der Waals surface area (Å²) in [5, 5.41) is 6.91. The van der Waals surface area contributed by atoms with Crippen LogP contribution in [0.15, 0.2) is 41.7 Å². The molecule has 6 rings (SSSR count). The third-order valence-electron chi connectivity index (χ3n) is 7.93. The van der Waals surface area contributed by atoms with Gasteiger partial charge < -0.3 is 29.4 Å². The highest BCUT2D eigenvalue weighted by Crippen LogP contribution is 2.41. The number of ether oxygens (including phenoxy) is 2. The van der Waals surface area contributed by atoms with Crippen molar-refractivity contribution in [3.63, 3.8) is 0 Å². The lowest BCUT2D eigenvalue weighted by Gasteiger charge is -2.35. The Morgan fingerprint density at radius 2 is 1.88 bits per heavy atom. The second kappa shape index (κ2) is 10.7. The summed E-state index contributed by atoms with van der Waals surface area (Å²) in [6.45, 7) is 1.99. The molecule has 43 heavy (non-hydrogen) atoms. The molecule has 3 aliphatic heterocycles. The highest BCUT2D eigenvalue weighted by molar-refractivity contribution is 6.03. The fourth-order valence-corrected chi connectivity index (χ4v) is 5.48. The Morgan fingerprint density at radius 3 is 2.60 bits per heavy atom. The minimum absolute atomic E-state index is 0.0698. The summed E-state index contributed by atoms with van der Waals surface area (Å²) in [6.07, 6.45) is -2.32. The molecule has 1 spiro atoms. The molecule has 1 fully saturated rings. The van der Waals surface area contributed by atoms with Crippen LogP contribution in [0.25, 0.3) is 0 Å². The summed E-state index contributed by atoms with van der Waals surface area (Å²) in [4.78, 5) is 29.8. The molecule has 0 bridgehead atoms. The van der Waals surface area contributed by atoms with E-state index in [1.54, 1.807) is 19.2 Å². The van der Waals surface area contributed by atoms with Gasteiger partial charge in [0.2, 0.25) is 11.8 Å². The molecule has 0 atom stereocenters. The van der Waals surface area contributed by atoms with E-state index in [1.165, 1.54) is 24.1 Å². The molecule has 0 saturated carbocycles. The van der Waals surface area contributed by atoms with Gasteiger partial charge in [0.1, 0.15) is 28.5 Å². The largest absolute Gasteiger partial charge is 0.495 e. The summed E-state index contributed by atoms with van der Waals surface area (Å²) in [6, 6.07) is 7.26. The van der Waals surface area contributed by atoms with E-state index in [2.05, 4.69) is 25.3 Å². The highest BCUT2D eigenvalue weighted by Gasteiger charge is 2.42. The lowest BCUT2D eigenvalue weighted by atomic mass is 9.85. The Hall–Kier alpha value is -4.46. The number of carbonyl (C=O) groups is 1. The van der Waals surface area contributed by atoms with E-state index < -0.39 is 29.0 Å². The average Bonchev–Trinajstić information content (AvgIpc) is 3.50. The van der Waals surface area contributed by atoms with E-state index in [0.717, 1.165) is 32.0 Å². The number of likely N-dealkylation sites (tertiary alicyclic amines) is 1. The van der Waals surface area contributed by atoms with Gasteiger partial charge in [0.05, 0.1) is 24.1 Å². The maximum atomic E-state index is 15.4. The normalized spacial score (nSPS) is 18.0. The maximum absolute atomic E-state index is 15.4. The lowest BCUT2D eigenvalue weighted by molar-refractivity contribution is -0.139. The van der Waals surface area contributed by atoms with E-state index in [1.807, 2.05) is 7.05 Å². The number of methoxy groups -OCH3 is 1. The predicted molar refractivity (Wildman–Crippen MR) is 147 cm³/mol. The van der Waals surface area contributed by atoms with Crippen LogP contribution in [0, 0.1) is 5.82 Å². The molecule has 10 nitrogen and oxygen atoms in total. The van der Waals surface area contributed by atoms with Crippen LogP contribution in [-0.4, -0.2) is 71.3 Å².